The molecule has 6 rings (SSSR count). The van der Waals surface area contributed by atoms with Crippen molar-refractivity contribution in [3.05, 3.63) is 71.8 Å². The molecule has 0 N–H and O–H groups in total. The Labute approximate surface area is 121 Å². The standard InChI is InChI=1S/C20H12O/c1-2-6-14-11(4-1)8-9-13-10-12-5-3-7-15-17(12)18(16(13)14)20-19(15)21-20/h1-10,19-20H. The summed E-state index contributed by atoms with van der Waals surface area (Å²) >= 11 is 0. The molecule has 2 aliphatic rings. The van der Waals surface area contributed by atoms with E-state index < -0.39 is 0 Å². The Balaban J connectivity index is 1.97. The zero-order chi connectivity index (χ0) is 13.6. The highest BCUT2D eigenvalue weighted by molar-refractivity contribution is 6.16. The van der Waals surface area contributed by atoms with E-state index in [2.05, 4.69) is 60.7 Å². The van der Waals surface area contributed by atoms with Crippen LogP contribution in [0.2, 0.25) is 0 Å². The van der Waals surface area contributed by atoms with Gasteiger partial charge in [-0.15, -0.1) is 0 Å². The molecule has 1 aliphatic heterocycles. The number of ether oxygens (including phenoxy) is 1. The summed E-state index contributed by atoms with van der Waals surface area (Å²) in [5, 5.41) is 8.14. The lowest BCUT2D eigenvalue weighted by Gasteiger charge is -2.12. The topological polar surface area (TPSA) is 12.5 Å². The first-order chi connectivity index (χ1) is 10.4. The van der Waals surface area contributed by atoms with Crippen LogP contribution >= 0.6 is 0 Å². The van der Waals surface area contributed by atoms with Gasteiger partial charge < -0.3 is 4.74 Å². The quantitative estimate of drug-likeness (QED) is 0.240. The Kier molecular flexibility index (Phi) is 1.61. The van der Waals surface area contributed by atoms with Gasteiger partial charge >= 0.3 is 0 Å². The Bertz CT molecular complexity index is 1080. The zero-order valence-electron chi connectivity index (χ0n) is 11.3. The summed E-state index contributed by atoms with van der Waals surface area (Å²) in [5.41, 5.74) is 2.79. The summed E-state index contributed by atoms with van der Waals surface area (Å²) in [6, 6.07) is 22.1. The Morgan fingerprint density at radius 1 is 0.667 bits per heavy atom. The van der Waals surface area contributed by atoms with E-state index in [-0.39, 0.29) is 6.10 Å². The van der Waals surface area contributed by atoms with Crippen molar-refractivity contribution in [3.63, 3.8) is 0 Å². The van der Waals surface area contributed by atoms with Gasteiger partial charge in [-0.2, -0.15) is 0 Å². The Morgan fingerprint density at radius 2 is 1.48 bits per heavy atom. The third-order valence-electron chi connectivity index (χ3n) is 5.02. The first-order valence-electron chi connectivity index (χ1n) is 7.44. The lowest BCUT2D eigenvalue weighted by atomic mass is 9.93. The van der Waals surface area contributed by atoms with Gasteiger partial charge in [-0.25, -0.2) is 0 Å². The van der Waals surface area contributed by atoms with Crippen LogP contribution in [0.1, 0.15) is 23.3 Å². The van der Waals surface area contributed by atoms with E-state index in [1.165, 1.54) is 43.4 Å². The molecular formula is C20H12O. The first-order valence-corrected chi connectivity index (χ1v) is 7.44. The minimum Gasteiger partial charge on any atom is -0.359 e. The van der Waals surface area contributed by atoms with Crippen molar-refractivity contribution in [3.8, 4) is 0 Å². The Hall–Kier alpha value is -2.38. The van der Waals surface area contributed by atoms with E-state index in [0.29, 0.717) is 6.10 Å². The molecule has 0 aromatic heterocycles. The molecule has 0 amide bonds. The molecule has 2 atom stereocenters. The largest absolute Gasteiger partial charge is 0.359 e. The first kappa shape index (κ1) is 10.4. The molecule has 1 saturated heterocycles. The van der Waals surface area contributed by atoms with Crippen LogP contribution in [0.25, 0.3) is 32.3 Å². The van der Waals surface area contributed by atoms with Crippen molar-refractivity contribution in [2.75, 3.05) is 0 Å². The number of epoxide rings is 1. The molecule has 4 aromatic carbocycles. The lowest BCUT2D eigenvalue weighted by Crippen LogP contribution is -1.88. The van der Waals surface area contributed by atoms with Gasteiger partial charge in [0.1, 0.15) is 12.2 Å². The monoisotopic (exact) mass is 268 g/mol. The van der Waals surface area contributed by atoms with Gasteiger partial charge in [0, 0.05) is 5.56 Å². The van der Waals surface area contributed by atoms with Crippen molar-refractivity contribution in [2.24, 2.45) is 0 Å². The van der Waals surface area contributed by atoms with Crippen LogP contribution < -0.4 is 0 Å². The number of benzene rings is 4. The van der Waals surface area contributed by atoms with Gasteiger partial charge in [0.05, 0.1) is 0 Å². The van der Waals surface area contributed by atoms with Crippen molar-refractivity contribution in [1.82, 2.24) is 0 Å². The Morgan fingerprint density at radius 3 is 2.48 bits per heavy atom. The molecule has 21 heavy (non-hydrogen) atoms. The van der Waals surface area contributed by atoms with Gasteiger partial charge in [0.2, 0.25) is 0 Å². The molecule has 0 spiro atoms. The van der Waals surface area contributed by atoms with Gasteiger partial charge in [-0.1, -0.05) is 54.6 Å². The lowest BCUT2D eigenvalue weighted by molar-refractivity contribution is 0.375. The molecule has 4 aromatic rings. The average molecular weight is 268 g/mol. The summed E-state index contributed by atoms with van der Waals surface area (Å²) in [7, 11) is 0. The number of fused-ring (bicyclic) bond motifs is 7. The molecule has 1 aliphatic carbocycles. The van der Waals surface area contributed by atoms with Gasteiger partial charge in [0.15, 0.2) is 0 Å². The predicted molar refractivity (Wildman–Crippen MR) is 85.5 cm³/mol. The molecule has 1 heteroatoms. The van der Waals surface area contributed by atoms with Crippen LogP contribution in [-0.2, 0) is 4.74 Å². The number of hydrogen-bond donors (Lipinski definition) is 0. The molecule has 2 unspecified atom stereocenters. The third-order valence-corrected chi connectivity index (χ3v) is 5.02. The normalized spacial score (nSPS) is 22.1. The van der Waals surface area contributed by atoms with E-state index in [1.807, 2.05) is 0 Å². The van der Waals surface area contributed by atoms with Crippen LogP contribution in [0.5, 0.6) is 0 Å². The molecule has 1 heterocycles. The van der Waals surface area contributed by atoms with Crippen LogP contribution in [0.15, 0.2) is 60.7 Å². The number of rotatable bonds is 0. The highest BCUT2D eigenvalue weighted by Gasteiger charge is 2.49. The second-order valence-electron chi connectivity index (χ2n) is 6.10. The zero-order valence-corrected chi connectivity index (χ0v) is 11.3. The SMILES string of the molecule is c1cc2c3c(c4c(ccc5ccccc54)cc3c1)C1OC21. The van der Waals surface area contributed by atoms with E-state index in [1.54, 1.807) is 0 Å². The highest BCUT2D eigenvalue weighted by atomic mass is 16.6. The van der Waals surface area contributed by atoms with Crippen LogP contribution in [0, 0.1) is 0 Å². The van der Waals surface area contributed by atoms with E-state index in [9.17, 15) is 0 Å². The fourth-order valence-corrected chi connectivity index (χ4v) is 4.11. The summed E-state index contributed by atoms with van der Waals surface area (Å²) < 4.78 is 5.93. The molecule has 1 nitrogen and oxygen atoms in total. The fourth-order valence-electron chi connectivity index (χ4n) is 4.11. The molecule has 0 bridgehead atoms. The maximum atomic E-state index is 5.93. The predicted octanol–water partition coefficient (Wildman–Crippen LogP) is 5.27. The van der Waals surface area contributed by atoms with Crippen molar-refractivity contribution in [2.45, 2.75) is 12.2 Å². The summed E-state index contributed by atoms with van der Waals surface area (Å²) in [6.07, 6.45) is 0.577. The van der Waals surface area contributed by atoms with Gasteiger partial charge in [0.25, 0.3) is 0 Å². The summed E-state index contributed by atoms with van der Waals surface area (Å²) in [6.45, 7) is 0. The minimum absolute atomic E-state index is 0.277. The third kappa shape index (κ3) is 1.13. The van der Waals surface area contributed by atoms with E-state index >= 15 is 0 Å². The maximum Gasteiger partial charge on any atom is 0.115 e. The van der Waals surface area contributed by atoms with Crippen molar-refractivity contribution >= 4 is 32.3 Å². The molecule has 0 saturated carbocycles. The summed E-state index contributed by atoms with van der Waals surface area (Å²) in [4.78, 5) is 0. The molecular weight excluding hydrogens is 256 g/mol. The van der Waals surface area contributed by atoms with Crippen molar-refractivity contribution < 1.29 is 4.74 Å². The molecule has 1 fully saturated rings. The van der Waals surface area contributed by atoms with E-state index in [0.717, 1.165) is 0 Å². The second kappa shape index (κ2) is 3.26. The molecule has 98 valence electrons. The maximum absolute atomic E-state index is 5.93. The van der Waals surface area contributed by atoms with Gasteiger partial charge in [-0.05, 0) is 43.9 Å². The van der Waals surface area contributed by atoms with Crippen LogP contribution in [0.4, 0.5) is 0 Å². The van der Waals surface area contributed by atoms with Crippen LogP contribution in [0.3, 0.4) is 0 Å². The van der Waals surface area contributed by atoms with Crippen molar-refractivity contribution in [1.29, 1.82) is 0 Å². The average Bonchev–Trinajstić information content (AvgIpc) is 3.26. The fraction of sp³-hybridized carbons (Fsp3) is 0.100. The number of hydrogen-bond acceptors (Lipinski definition) is 1. The minimum atomic E-state index is 0.277. The smallest absolute Gasteiger partial charge is 0.115 e. The van der Waals surface area contributed by atoms with Crippen LogP contribution in [-0.4, -0.2) is 0 Å². The summed E-state index contributed by atoms with van der Waals surface area (Å²) in [5.74, 6) is 0. The van der Waals surface area contributed by atoms with E-state index in [4.69, 9.17) is 4.74 Å². The van der Waals surface area contributed by atoms with Gasteiger partial charge in [-0.3, -0.25) is 0 Å². The molecule has 0 radical (unpaired) electrons. The second-order valence-corrected chi connectivity index (χ2v) is 6.10. The highest BCUT2D eigenvalue weighted by Crippen LogP contribution is 2.62.